The summed E-state index contributed by atoms with van der Waals surface area (Å²) in [5.41, 5.74) is 10.5. The molecule has 26 heteroatoms. The molecule has 26 nitrogen and oxygen atoms in total. The highest BCUT2D eigenvalue weighted by Crippen LogP contribution is 2.38. The lowest BCUT2D eigenvalue weighted by molar-refractivity contribution is -0.137. The van der Waals surface area contributed by atoms with Gasteiger partial charge in [0.2, 0.25) is 29.6 Å². The van der Waals surface area contributed by atoms with Gasteiger partial charge >= 0.3 is 12.1 Å². The third-order valence-corrected chi connectivity index (χ3v) is 14.8. The van der Waals surface area contributed by atoms with Crippen molar-refractivity contribution in [3.8, 4) is 17.0 Å². The zero-order chi connectivity index (χ0) is 62.6. The van der Waals surface area contributed by atoms with Crippen LogP contribution in [0.2, 0.25) is 0 Å². The van der Waals surface area contributed by atoms with E-state index in [9.17, 15) is 38.4 Å². The average Bonchev–Trinajstić information content (AvgIpc) is 3.05. The number of piperazine rings is 1. The topological polar surface area (TPSA) is 309 Å². The number of amides is 9. The summed E-state index contributed by atoms with van der Waals surface area (Å²) in [5, 5.41) is 18.2. The number of aryl methyl sites for hydroxylation is 1. The normalized spacial score (nSPS) is 14.1. The Balaban J connectivity index is 0.868. The predicted octanol–water partition coefficient (Wildman–Crippen LogP) is 4.18. The van der Waals surface area contributed by atoms with Gasteiger partial charge in [0.25, 0.3) is 11.8 Å². The first-order chi connectivity index (χ1) is 41.8. The number of rotatable bonds is 31. The smallest absolute Gasteiger partial charge is 0.409 e. The molecule has 9 amide bonds. The molecule has 0 radical (unpaired) electrons. The molecule has 1 fully saturated rings. The van der Waals surface area contributed by atoms with Crippen molar-refractivity contribution >= 4 is 87.2 Å². The van der Waals surface area contributed by atoms with Gasteiger partial charge in [0, 0.05) is 139 Å². The molecule has 0 saturated carbocycles. The number of benzene rings is 3. The molecule has 87 heavy (non-hydrogen) atoms. The summed E-state index contributed by atoms with van der Waals surface area (Å²) >= 11 is 0. The summed E-state index contributed by atoms with van der Waals surface area (Å²) in [7, 11) is 6.92. The number of nitrogens with one attached hydrogen (secondary N) is 6. The van der Waals surface area contributed by atoms with Crippen molar-refractivity contribution in [3.05, 3.63) is 109 Å². The van der Waals surface area contributed by atoms with Crippen LogP contribution >= 0.6 is 0 Å². The number of hydrogen-bond donors (Lipinski definition) is 7. The largest absolute Gasteiger partial charge is 0.494 e. The Morgan fingerprint density at radius 2 is 1.54 bits per heavy atom. The van der Waals surface area contributed by atoms with E-state index >= 15 is 0 Å². The van der Waals surface area contributed by atoms with E-state index in [0.29, 0.717) is 78.4 Å². The lowest BCUT2D eigenvalue weighted by atomic mass is 10.0. The van der Waals surface area contributed by atoms with Gasteiger partial charge in [-0.15, -0.1) is 0 Å². The van der Waals surface area contributed by atoms with Crippen molar-refractivity contribution in [2.24, 2.45) is 18.7 Å². The number of urea groups is 1. The molecule has 8 N–H and O–H groups in total. The lowest BCUT2D eigenvalue weighted by Crippen LogP contribution is -2.55. The maximum absolute atomic E-state index is 13.8. The molecule has 2 aromatic heterocycles. The fourth-order valence-corrected chi connectivity index (χ4v) is 9.78. The number of carbonyl (C=O) groups excluding carboxylic acids is 8. The van der Waals surface area contributed by atoms with Crippen molar-refractivity contribution in [2.75, 3.05) is 121 Å². The first-order valence-electron chi connectivity index (χ1n) is 28.8. The molecule has 0 aliphatic carbocycles. The molecule has 2 aliphatic rings. The number of anilines is 5. The van der Waals surface area contributed by atoms with E-state index in [0.717, 1.165) is 53.6 Å². The Bertz CT molecular complexity index is 3270. The van der Waals surface area contributed by atoms with Gasteiger partial charge in [0.1, 0.15) is 24.4 Å². The summed E-state index contributed by atoms with van der Waals surface area (Å²) in [5.74, 6) is -2.08. The van der Waals surface area contributed by atoms with Gasteiger partial charge in [-0.05, 0) is 60.7 Å². The Morgan fingerprint density at radius 1 is 0.839 bits per heavy atom. The number of likely N-dealkylation sites (N-methyl/N-ethyl adjacent to an activating group) is 2. The number of nitrogens with zero attached hydrogens (tertiary/aromatic N) is 8. The van der Waals surface area contributed by atoms with E-state index in [2.05, 4.69) is 53.3 Å². The molecule has 4 heterocycles. The van der Waals surface area contributed by atoms with Crippen molar-refractivity contribution in [2.45, 2.75) is 51.8 Å². The van der Waals surface area contributed by atoms with Crippen molar-refractivity contribution in [1.82, 2.24) is 50.1 Å². The maximum atomic E-state index is 13.8. The van der Waals surface area contributed by atoms with Crippen LogP contribution in [0.25, 0.3) is 22.2 Å². The number of carbonyl (C=O) groups is 8. The van der Waals surface area contributed by atoms with Crippen molar-refractivity contribution in [1.29, 1.82) is 0 Å². The summed E-state index contributed by atoms with van der Waals surface area (Å²) in [6, 6.07) is 17.3. The molecular weight excluding hydrogens is 1120 g/mol. The average molecular weight is 1200 g/mol. The number of primary amides is 1. The van der Waals surface area contributed by atoms with Gasteiger partial charge in [-0.2, -0.15) is 0 Å². The highest BCUT2D eigenvalue weighted by atomic mass is 16.6. The molecule has 0 unspecified atom stereocenters. The number of imide groups is 1. The highest BCUT2D eigenvalue weighted by molar-refractivity contribution is 6.13. The summed E-state index contributed by atoms with van der Waals surface area (Å²) < 4.78 is 19.2. The number of hydrogen-bond acceptors (Lipinski definition) is 17. The zero-order valence-electron chi connectivity index (χ0n) is 50.1. The van der Waals surface area contributed by atoms with Crippen LogP contribution in [0.15, 0.2) is 104 Å². The minimum Gasteiger partial charge on any atom is -0.494 e. The number of methoxy groups -OCH3 is 1. The minimum absolute atomic E-state index is 0.0817. The molecule has 2 aliphatic heterocycles. The van der Waals surface area contributed by atoms with E-state index in [4.69, 9.17) is 24.9 Å². The van der Waals surface area contributed by atoms with Crippen LogP contribution in [-0.2, 0) is 51.9 Å². The minimum atomic E-state index is -1.06. The Morgan fingerprint density at radius 3 is 2.23 bits per heavy atom. The molecule has 0 spiro atoms. The van der Waals surface area contributed by atoms with Crippen LogP contribution in [-0.4, -0.2) is 194 Å². The molecule has 2 atom stereocenters. The standard InChI is InChI=1S/C61H79N15O11/c1-8-52(77)66-47-36-48(69-60-64-24-21-45(68-60)44-38-73(6)49-14-10-9-12-43(44)49)51(85-7)37-50(47)71(4)26-27-72(5)61(84)87-39-41-15-17-42(18-16-41)65-57(81)46(13-11-23-63-59(62)83)67-58(82)56(40(2)3)70-53(78)22-25-74-28-30-75(31-29-74)32-34-86-35-33-76-54(79)19-20-55(76)80/h8-10,12,14-21,24,36-38,40,46,56H,1,11,13,22-23,25-35,39H2,2-7H3,(H,65,81)(H,66,77)(H,67,82)(H,70,78)(H3,62,63,83)(H,64,68,69)/t46-,56-/m0/s1. The van der Waals surface area contributed by atoms with E-state index in [1.807, 2.05) is 60.1 Å². The molecular formula is C61H79N15O11. The number of para-hydroxylation sites is 1. The lowest BCUT2D eigenvalue weighted by Gasteiger charge is -2.34. The molecule has 7 rings (SSSR count). The van der Waals surface area contributed by atoms with Crippen LogP contribution in [0.1, 0.15) is 38.7 Å². The number of ether oxygens (including phenoxy) is 3. The van der Waals surface area contributed by atoms with Gasteiger partial charge in [0.05, 0.1) is 49.6 Å². The third kappa shape index (κ3) is 18.8. The number of nitrogens with two attached hydrogens (primary N) is 1. The van der Waals surface area contributed by atoms with Crippen LogP contribution in [0.4, 0.5) is 38.3 Å². The first kappa shape index (κ1) is 65.1. The van der Waals surface area contributed by atoms with Gasteiger partial charge in [0.15, 0.2) is 0 Å². The second kappa shape index (κ2) is 31.7. The monoisotopic (exact) mass is 1200 g/mol. The summed E-state index contributed by atoms with van der Waals surface area (Å²) in [6.07, 6.45) is 7.34. The highest BCUT2D eigenvalue weighted by Gasteiger charge is 2.30. The van der Waals surface area contributed by atoms with Crippen LogP contribution in [0, 0.1) is 5.92 Å². The van der Waals surface area contributed by atoms with Crippen LogP contribution < -0.4 is 47.3 Å². The fraction of sp³-hybridized carbons (Fsp3) is 0.410. The second-order valence-corrected chi connectivity index (χ2v) is 21.4. The molecule has 464 valence electrons. The predicted molar refractivity (Wildman–Crippen MR) is 330 cm³/mol. The van der Waals surface area contributed by atoms with Gasteiger partial charge < -0.3 is 71.1 Å². The maximum Gasteiger partial charge on any atom is 0.409 e. The van der Waals surface area contributed by atoms with E-state index < -0.39 is 41.9 Å². The zero-order valence-corrected chi connectivity index (χ0v) is 50.1. The Kier molecular flexibility index (Phi) is 23.7. The molecule has 3 aromatic carbocycles. The first-order valence-corrected chi connectivity index (χ1v) is 28.8. The molecule has 0 bridgehead atoms. The number of fused-ring (bicyclic) bond motifs is 1. The van der Waals surface area contributed by atoms with Gasteiger partial charge in [-0.1, -0.05) is 50.8 Å². The fourth-order valence-electron chi connectivity index (χ4n) is 9.78. The Hall–Kier alpha value is -9.40. The molecule has 5 aromatic rings. The van der Waals surface area contributed by atoms with E-state index in [-0.39, 0.29) is 69.3 Å². The summed E-state index contributed by atoms with van der Waals surface area (Å²) in [4.78, 5) is 120. The number of aromatic nitrogens is 3. The quantitative estimate of drug-likeness (QED) is 0.0186. The van der Waals surface area contributed by atoms with E-state index in [1.54, 1.807) is 63.5 Å². The third-order valence-electron chi connectivity index (χ3n) is 14.8. The van der Waals surface area contributed by atoms with Crippen molar-refractivity contribution in [3.63, 3.8) is 0 Å². The van der Waals surface area contributed by atoms with Gasteiger partial charge in [-0.25, -0.2) is 19.6 Å². The van der Waals surface area contributed by atoms with Crippen LogP contribution in [0.3, 0.4) is 0 Å². The SMILES string of the molecule is C=CC(=O)Nc1cc(Nc2nccc(-c3cn(C)c4ccccc34)n2)c(OC)cc1N(C)CCN(C)C(=O)OCc1ccc(NC(=O)[C@H](CCCNC(N)=O)NC(=O)[C@@H](NC(=O)CCN2CCN(CCOCCN3C(=O)C=CC3=O)CC2)C(C)C)cc1. The van der Waals surface area contributed by atoms with Crippen LogP contribution in [0.5, 0.6) is 5.75 Å². The Labute approximate surface area is 505 Å². The van der Waals surface area contributed by atoms with Crippen molar-refractivity contribution < 1.29 is 52.6 Å². The second-order valence-electron chi connectivity index (χ2n) is 21.4. The van der Waals surface area contributed by atoms with E-state index in [1.165, 1.54) is 24.2 Å². The summed E-state index contributed by atoms with van der Waals surface area (Å²) in [6.45, 7) is 12.9. The molecule has 1 saturated heterocycles. The van der Waals surface area contributed by atoms with Gasteiger partial charge in [-0.3, -0.25) is 38.6 Å².